The van der Waals surface area contributed by atoms with Gasteiger partial charge in [0.15, 0.2) is 0 Å². The summed E-state index contributed by atoms with van der Waals surface area (Å²) in [4.78, 5) is 0. The van der Waals surface area contributed by atoms with Gasteiger partial charge in [0.05, 0.1) is 5.69 Å². The molecule has 3 nitrogen and oxygen atoms in total. The van der Waals surface area contributed by atoms with Crippen molar-refractivity contribution in [1.29, 1.82) is 0 Å². The Morgan fingerprint density at radius 2 is 2.19 bits per heavy atom. The molecule has 0 aliphatic carbocycles. The lowest BCUT2D eigenvalue weighted by molar-refractivity contribution is 0.408. The number of aromatic nitrogens is 1. The Morgan fingerprint density at radius 3 is 2.88 bits per heavy atom. The first-order valence-electron chi connectivity index (χ1n) is 5.11. The van der Waals surface area contributed by atoms with Crippen molar-refractivity contribution in [3.05, 3.63) is 52.4 Å². The molecule has 0 fully saturated rings. The summed E-state index contributed by atoms with van der Waals surface area (Å²) >= 11 is 5.95. The van der Waals surface area contributed by atoms with E-state index >= 15 is 0 Å². The van der Waals surface area contributed by atoms with E-state index in [4.69, 9.17) is 16.1 Å². The molecule has 1 N–H and O–H groups in total. The Bertz CT molecular complexity index is 454. The van der Waals surface area contributed by atoms with E-state index < -0.39 is 0 Å². The van der Waals surface area contributed by atoms with Crippen molar-refractivity contribution in [2.75, 3.05) is 0 Å². The quantitative estimate of drug-likeness (QED) is 0.887. The van der Waals surface area contributed by atoms with Crippen LogP contribution in [0, 0.1) is 6.92 Å². The zero-order valence-electron chi connectivity index (χ0n) is 9.03. The average molecular weight is 237 g/mol. The van der Waals surface area contributed by atoms with Crippen LogP contribution in [0.3, 0.4) is 0 Å². The van der Waals surface area contributed by atoms with E-state index in [0.29, 0.717) is 6.54 Å². The monoisotopic (exact) mass is 236 g/mol. The molecule has 16 heavy (non-hydrogen) atoms. The number of rotatable bonds is 4. The smallest absolute Gasteiger partial charge is 0.124 e. The highest BCUT2D eigenvalue weighted by Gasteiger charge is 1.99. The first-order chi connectivity index (χ1) is 7.75. The van der Waals surface area contributed by atoms with Crippen molar-refractivity contribution in [3.63, 3.8) is 0 Å². The molecule has 0 aliphatic heterocycles. The number of nitrogens with zero attached hydrogens (tertiary/aromatic N) is 1. The van der Waals surface area contributed by atoms with Crippen LogP contribution in [0.15, 0.2) is 35.1 Å². The van der Waals surface area contributed by atoms with Crippen LogP contribution in [-0.4, -0.2) is 5.16 Å². The van der Waals surface area contributed by atoms with Crippen molar-refractivity contribution in [1.82, 2.24) is 10.5 Å². The summed E-state index contributed by atoms with van der Waals surface area (Å²) in [6, 6.07) is 7.87. The minimum absolute atomic E-state index is 0.707. The lowest BCUT2D eigenvalue weighted by atomic mass is 10.1. The van der Waals surface area contributed by atoms with Crippen molar-refractivity contribution < 1.29 is 4.52 Å². The SMILES string of the molecule is Cc1cc(CNCc2ccon2)ccc1Cl. The lowest BCUT2D eigenvalue weighted by Gasteiger charge is -2.05. The van der Waals surface area contributed by atoms with Crippen LogP contribution in [0.5, 0.6) is 0 Å². The standard InChI is InChI=1S/C12H13ClN2O/c1-9-6-10(2-3-12(9)13)7-14-8-11-4-5-16-15-11/h2-6,14H,7-8H2,1H3. The predicted molar refractivity (Wildman–Crippen MR) is 63.2 cm³/mol. The third-order valence-corrected chi connectivity index (χ3v) is 2.77. The Balaban J connectivity index is 1.87. The van der Waals surface area contributed by atoms with Crippen molar-refractivity contribution in [2.24, 2.45) is 0 Å². The summed E-state index contributed by atoms with van der Waals surface area (Å²) in [6.45, 7) is 3.51. The second-order valence-corrected chi connectivity index (χ2v) is 4.09. The first-order valence-corrected chi connectivity index (χ1v) is 5.48. The van der Waals surface area contributed by atoms with E-state index in [0.717, 1.165) is 22.8 Å². The molecule has 0 saturated heterocycles. The molecule has 0 spiro atoms. The van der Waals surface area contributed by atoms with Crippen LogP contribution in [0.1, 0.15) is 16.8 Å². The molecule has 1 aromatic heterocycles. The molecule has 84 valence electrons. The fourth-order valence-electron chi connectivity index (χ4n) is 1.48. The van der Waals surface area contributed by atoms with E-state index in [1.807, 2.05) is 25.1 Å². The summed E-state index contributed by atoms with van der Waals surface area (Å²) in [5, 5.41) is 7.91. The van der Waals surface area contributed by atoms with E-state index in [1.54, 1.807) is 6.26 Å². The fraction of sp³-hybridized carbons (Fsp3) is 0.250. The maximum Gasteiger partial charge on any atom is 0.124 e. The van der Waals surface area contributed by atoms with Crippen LogP contribution in [0.2, 0.25) is 5.02 Å². The van der Waals surface area contributed by atoms with Crippen molar-refractivity contribution >= 4 is 11.6 Å². The highest BCUT2D eigenvalue weighted by atomic mass is 35.5. The van der Waals surface area contributed by atoms with Crippen LogP contribution in [0.25, 0.3) is 0 Å². The molecule has 1 aromatic carbocycles. The van der Waals surface area contributed by atoms with Crippen LogP contribution in [-0.2, 0) is 13.1 Å². The maximum atomic E-state index is 5.95. The Labute approximate surface area is 99.4 Å². The highest BCUT2D eigenvalue weighted by molar-refractivity contribution is 6.31. The van der Waals surface area contributed by atoms with Gasteiger partial charge in [-0.25, -0.2) is 0 Å². The van der Waals surface area contributed by atoms with Gasteiger partial charge in [-0.1, -0.05) is 28.9 Å². The van der Waals surface area contributed by atoms with Gasteiger partial charge < -0.3 is 9.84 Å². The van der Waals surface area contributed by atoms with Gasteiger partial charge in [0.25, 0.3) is 0 Å². The molecule has 4 heteroatoms. The summed E-state index contributed by atoms with van der Waals surface area (Å²) in [5.41, 5.74) is 3.22. The van der Waals surface area contributed by atoms with Gasteiger partial charge in [0.1, 0.15) is 6.26 Å². The second kappa shape index (κ2) is 5.14. The predicted octanol–water partition coefficient (Wildman–Crippen LogP) is 2.93. The number of halogens is 1. The van der Waals surface area contributed by atoms with Gasteiger partial charge in [-0.3, -0.25) is 0 Å². The zero-order valence-corrected chi connectivity index (χ0v) is 9.79. The Hall–Kier alpha value is -1.32. The number of hydrogen-bond donors (Lipinski definition) is 1. The molecule has 1 heterocycles. The summed E-state index contributed by atoms with van der Waals surface area (Å²) in [6.07, 6.45) is 1.57. The second-order valence-electron chi connectivity index (χ2n) is 3.68. The van der Waals surface area contributed by atoms with E-state index in [-0.39, 0.29) is 0 Å². The normalized spacial score (nSPS) is 10.6. The number of aryl methyl sites for hydroxylation is 1. The van der Waals surface area contributed by atoms with Gasteiger partial charge in [-0.05, 0) is 24.1 Å². The number of hydrogen-bond acceptors (Lipinski definition) is 3. The topological polar surface area (TPSA) is 38.1 Å². The highest BCUT2D eigenvalue weighted by Crippen LogP contribution is 2.16. The molecular weight excluding hydrogens is 224 g/mol. The van der Waals surface area contributed by atoms with E-state index in [9.17, 15) is 0 Å². The largest absolute Gasteiger partial charge is 0.364 e. The molecule has 0 bridgehead atoms. The summed E-state index contributed by atoms with van der Waals surface area (Å²) in [5.74, 6) is 0. The summed E-state index contributed by atoms with van der Waals surface area (Å²) < 4.78 is 4.74. The van der Waals surface area contributed by atoms with Crippen molar-refractivity contribution in [3.8, 4) is 0 Å². The third kappa shape index (κ3) is 2.84. The lowest BCUT2D eigenvalue weighted by Crippen LogP contribution is -2.12. The molecule has 0 amide bonds. The van der Waals surface area contributed by atoms with Crippen LogP contribution >= 0.6 is 11.6 Å². The van der Waals surface area contributed by atoms with Crippen LogP contribution in [0.4, 0.5) is 0 Å². The molecular formula is C12H13ClN2O. The Morgan fingerprint density at radius 1 is 1.31 bits per heavy atom. The summed E-state index contributed by atoms with van der Waals surface area (Å²) in [7, 11) is 0. The fourth-order valence-corrected chi connectivity index (χ4v) is 1.60. The Kier molecular flexibility index (Phi) is 3.59. The molecule has 2 aromatic rings. The minimum Gasteiger partial charge on any atom is -0.364 e. The van der Waals surface area contributed by atoms with Gasteiger partial charge >= 0.3 is 0 Å². The molecule has 0 unspecified atom stereocenters. The minimum atomic E-state index is 0.707. The third-order valence-electron chi connectivity index (χ3n) is 2.35. The average Bonchev–Trinajstić information content (AvgIpc) is 2.76. The zero-order chi connectivity index (χ0) is 11.4. The molecule has 2 rings (SSSR count). The molecule has 0 radical (unpaired) electrons. The number of benzene rings is 1. The molecule has 0 saturated carbocycles. The molecule has 0 atom stereocenters. The van der Waals surface area contributed by atoms with Gasteiger partial charge in [-0.15, -0.1) is 0 Å². The van der Waals surface area contributed by atoms with E-state index in [2.05, 4.69) is 16.5 Å². The van der Waals surface area contributed by atoms with Gasteiger partial charge in [-0.2, -0.15) is 0 Å². The van der Waals surface area contributed by atoms with Crippen LogP contribution < -0.4 is 5.32 Å². The first kappa shape index (κ1) is 11.2. The van der Waals surface area contributed by atoms with E-state index in [1.165, 1.54) is 5.56 Å². The maximum absolute atomic E-state index is 5.95. The molecule has 0 aliphatic rings. The van der Waals surface area contributed by atoms with Gasteiger partial charge in [0.2, 0.25) is 0 Å². The van der Waals surface area contributed by atoms with Crippen molar-refractivity contribution in [2.45, 2.75) is 20.0 Å². The van der Waals surface area contributed by atoms with Gasteiger partial charge in [0, 0.05) is 24.2 Å². The number of nitrogens with one attached hydrogen (secondary N) is 1.